The Morgan fingerprint density at radius 2 is 1.15 bits per heavy atom. The highest BCUT2D eigenvalue weighted by Crippen LogP contribution is 2.35. The molecule has 4 aromatic rings. The van der Waals surface area contributed by atoms with Crippen LogP contribution in [0.5, 0.6) is 0 Å². The van der Waals surface area contributed by atoms with Crippen LogP contribution in [0.15, 0.2) is 84.9 Å². The number of aromatic nitrogens is 2. The highest BCUT2D eigenvalue weighted by molar-refractivity contribution is 5.89. The van der Waals surface area contributed by atoms with E-state index in [4.69, 9.17) is 0 Å². The van der Waals surface area contributed by atoms with Crippen molar-refractivity contribution < 1.29 is 9.72 Å². The number of hydrogen-bond acceptors (Lipinski definition) is 8. The summed E-state index contributed by atoms with van der Waals surface area (Å²) >= 11 is 0. The Morgan fingerprint density at radius 1 is 0.706 bits per heavy atom. The summed E-state index contributed by atoms with van der Waals surface area (Å²) in [4.78, 5) is 31.5. The quantitative estimate of drug-likeness (QED) is 0.200. The van der Waals surface area contributed by atoms with Crippen molar-refractivity contribution in [3.8, 4) is 0 Å². The molecule has 0 aliphatic rings. The third kappa shape index (κ3) is 5.62. The predicted molar refractivity (Wildman–Crippen MR) is 132 cm³/mol. The Hall–Kier alpha value is -4.99. The van der Waals surface area contributed by atoms with Crippen LogP contribution in [-0.4, -0.2) is 20.8 Å². The molecule has 0 atom stereocenters. The van der Waals surface area contributed by atoms with Crippen molar-refractivity contribution in [1.29, 1.82) is 0 Å². The fourth-order valence-electron chi connectivity index (χ4n) is 3.14. The first-order valence-electron chi connectivity index (χ1n) is 10.3. The van der Waals surface area contributed by atoms with E-state index >= 15 is 0 Å². The van der Waals surface area contributed by atoms with Crippen LogP contribution in [0, 0.1) is 10.1 Å². The maximum atomic E-state index is 12.0. The van der Waals surface area contributed by atoms with Gasteiger partial charge < -0.3 is 21.3 Å². The first kappa shape index (κ1) is 22.2. The van der Waals surface area contributed by atoms with E-state index in [1.54, 1.807) is 48.5 Å². The van der Waals surface area contributed by atoms with Crippen molar-refractivity contribution in [2.24, 2.45) is 0 Å². The van der Waals surface area contributed by atoms with Gasteiger partial charge in [-0.15, -0.1) is 0 Å². The lowest BCUT2D eigenvalue weighted by Gasteiger charge is -2.14. The second-order valence-electron chi connectivity index (χ2n) is 7.22. The first-order chi connectivity index (χ1) is 16.5. The van der Waals surface area contributed by atoms with Gasteiger partial charge >= 0.3 is 5.69 Å². The number of amides is 1. The van der Waals surface area contributed by atoms with E-state index in [-0.39, 0.29) is 29.2 Å². The van der Waals surface area contributed by atoms with Crippen LogP contribution in [0.3, 0.4) is 0 Å². The number of rotatable bonds is 8. The third-order valence-corrected chi connectivity index (χ3v) is 4.60. The lowest BCUT2D eigenvalue weighted by Crippen LogP contribution is -2.09. The zero-order chi connectivity index (χ0) is 23.9. The maximum absolute atomic E-state index is 12.0. The molecule has 34 heavy (non-hydrogen) atoms. The van der Waals surface area contributed by atoms with Gasteiger partial charge in [0.05, 0.1) is 4.92 Å². The van der Waals surface area contributed by atoms with Crippen LogP contribution < -0.4 is 21.3 Å². The summed E-state index contributed by atoms with van der Waals surface area (Å²) in [6, 6.07) is 25.0. The van der Waals surface area contributed by atoms with E-state index in [2.05, 4.69) is 31.2 Å². The molecule has 0 spiro atoms. The second-order valence-corrected chi connectivity index (χ2v) is 7.22. The lowest BCUT2D eigenvalue weighted by atomic mass is 10.2. The van der Waals surface area contributed by atoms with Gasteiger partial charge in [0.1, 0.15) is 0 Å². The van der Waals surface area contributed by atoms with Gasteiger partial charge in [-0.1, -0.05) is 36.4 Å². The van der Waals surface area contributed by atoms with Gasteiger partial charge in [-0.25, -0.2) is 0 Å². The van der Waals surface area contributed by atoms with E-state index in [9.17, 15) is 14.9 Å². The average molecular weight is 455 g/mol. The molecule has 0 aliphatic heterocycles. The van der Waals surface area contributed by atoms with Gasteiger partial charge in [-0.05, 0) is 48.5 Å². The molecule has 0 saturated carbocycles. The maximum Gasteiger partial charge on any atom is 0.354 e. The van der Waals surface area contributed by atoms with Gasteiger partial charge in [-0.2, -0.15) is 9.97 Å². The number of carbonyl (C=O) groups excluding carboxylic acids is 1. The topological polar surface area (TPSA) is 134 Å². The predicted octanol–water partition coefficient (Wildman–Crippen LogP) is 5.57. The standard InChI is InChI=1S/C24H21N7O3/c1-16(32)25-19-12-14-20(15-13-19)28-24-29-22(26-17-8-4-2-5-9-17)21(31(33)34)23(30-24)27-18-10-6-3-7-11-18/h2-15H,1H3,(H,25,32)(H3,26,27,28,29,30). The van der Waals surface area contributed by atoms with Crippen molar-refractivity contribution >= 4 is 51.9 Å². The van der Waals surface area contributed by atoms with Gasteiger partial charge in [0.25, 0.3) is 0 Å². The number of nitro groups is 1. The molecule has 4 rings (SSSR count). The molecule has 170 valence electrons. The van der Waals surface area contributed by atoms with Crippen molar-refractivity contribution in [1.82, 2.24) is 9.97 Å². The molecule has 1 amide bonds. The van der Waals surface area contributed by atoms with Gasteiger partial charge in [0.15, 0.2) is 0 Å². The highest BCUT2D eigenvalue weighted by atomic mass is 16.6. The number of para-hydroxylation sites is 2. The van der Waals surface area contributed by atoms with Crippen molar-refractivity contribution in [3.63, 3.8) is 0 Å². The summed E-state index contributed by atoms with van der Waals surface area (Å²) in [7, 11) is 0. The monoisotopic (exact) mass is 455 g/mol. The molecule has 0 fully saturated rings. The molecule has 10 heteroatoms. The zero-order valence-corrected chi connectivity index (χ0v) is 18.1. The SMILES string of the molecule is CC(=O)Nc1ccc(Nc2nc(Nc3ccccc3)c([N+](=O)[O-])c(Nc3ccccc3)n2)cc1. The lowest BCUT2D eigenvalue weighted by molar-refractivity contribution is -0.383. The number of hydrogen-bond donors (Lipinski definition) is 4. The number of nitrogens with one attached hydrogen (secondary N) is 4. The van der Waals surface area contributed by atoms with Crippen LogP contribution in [-0.2, 0) is 4.79 Å². The fourth-order valence-corrected chi connectivity index (χ4v) is 3.14. The van der Waals surface area contributed by atoms with Crippen LogP contribution >= 0.6 is 0 Å². The van der Waals surface area contributed by atoms with E-state index in [0.717, 1.165) is 0 Å². The van der Waals surface area contributed by atoms with Crippen LogP contribution in [0.4, 0.5) is 46.0 Å². The minimum atomic E-state index is -0.525. The van der Waals surface area contributed by atoms with Crippen molar-refractivity contribution in [2.45, 2.75) is 6.92 Å². The Kier molecular flexibility index (Phi) is 6.59. The largest absolute Gasteiger partial charge is 0.354 e. The number of benzene rings is 3. The molecule has 0 radical (unpaired) electrons. The molecule has 0 saturated heterocycles. The summed E-state index contributed by atoms with van der Waals surface area (Å²) in [5.41, 5.74) is 2.26. The summed E-state index contributed by atoms with van der Waals surface area (Å²) in [5, 5.41) is 23.8. The van der Waals surface area contributed by atoms with Gasteiger partial charge in [-0.3, -0.25) is 14.9 Å². The summed E-state index contributed by atoms with van der Waals surface area (Å²) < 4.78 is 0. The number of carbonyl (C=O) groups is 1. The minimum Gasteiger partial charge on any atom is -0.334 e. The van der Waals surface area contributed by atoms with Crippen LogP contribution in [0.1, 0.15) is 6.92 Å². The molecule has 10 nitrogen and oxygen atoms in total. The smallest absolute Gasteiger partial charge is 0.334 e. The molecule has 1 aromatic heterocycles. The molecule has 4 N–H and O–H groups in total. The molecule has 3 aromatic carbocycles. The van der Waals surface area contributed by atoms with E-state index in [1.807, 2.05) is 36.4 Å². The fraction of sp³-hybridized carbons (Fsp3) is 0.0417. The molecule has 1 heterocycles. The van der Waals surface area contributed by atoms with Crippen molar-refractivity contribution in [3.05, 3.63) is 95.0 Å². The zero-order valence-electron chi connectivity index (χ0n) is 18.1. The van der Waals surface area contributed by atoms with E-state index in [0.29, 0.717) is 22.7 Å². The Morgan fingerprint density at radius 3 is 1.59 bits per heavy atom. The van der Waals surface area contributed by atoms with Crippen molar-refractivity contribution in [2.75, 3.05) is 21.3 Å². The van der Waals surface area contributed by atoms with Crippen LogP contribution in [0.2, 0.25) is 0 Å². The number of anilines is 7. The normalized spacial score (nSPS) is 10.3. The van der Waals surface area contributed by atoms with E-state index < -0.39 is 4.92 Å². The highest BCUT2D eigenvalue weighted by Gasteiger charge is 2.25. The second kappa shape index (κ2) is 10.1. The Bertz CT molecular complexity index is 1230. The van der Waals surface area contributed by atoms with Gasteiger partial charge in [0, 0.05) is 29.7 Å². The summed E-state index contributed by atoms with van der Waals surface area (Å²) in [6.45, 7) is 1.43. The molecule has 0 aliphatic carbocycles. The minimum absolute atomic E-state index is 0.0296. The summed E-state index contributed by atoms with van der Waals surface area (Å²) in [6.07, 6.45) is 0. The van der Waals surface area contributed by atoms with E-state index in [1.165, 1.54) is 6.92 Å². The average Bonchev–Trinajstić information content (AvgIpc) is 2.81. The molecular formula is C24H21N7O3. The third-order valence-electron chi connectivity index (χ3n) is 4.60. The first-order valence-corrected chi connectivity index (χ1v) is 10.3. The number of nitrogens with zero attached hydrogens (tertiary/aromatic N) is 3. The van der Waals surface area contributed by atoms with Crippen LogP contribution in [0.25, 0.3) is 0 Å². The van der Waals surface area contributed by atoms with Gasteiger partial charge in [0.2, 0.25) is 23.5 Å². The summed E-state index contributed by atoms with van der Waals surface area (Å²) in [5.74, 6) is 0.0337. The molecule has 0 unspecified atom stereocenters. The molecular weight excluding hydrogens is 434 g/mol. The Labute approximate surface area is 195 Å². The molecule has 0 bridgehead atoms. The Balaban J connectivity index is 1.73.